The second-order valence-corrected chi connectivity index (χ2v) is 8.21. The molecule has 27 heavy (non-hydrogen) atoms. The van der Waals surface area contributed by atoms with Gasteiger partial charge in [0, 0.05) is 24.8 Å². The van der Waals surface area contributed by atoms with Gasteiger partial charge in [0.1, 0.15) is 5.82 Å². The van der Waals surface area contributed by atoms with Crippen LogP contribution in [-0.2, 0) is 16.1 Å². The fourth-order valence-electron chi connectivity index (χ4n) is 3.69. The van der Waals surface area contributed by atoms with Crippen molar-refractivity contribution in [1.82, 2.24) is 15.2 Å². The molecule has 2 unspecified atom stereocenters. The van der Waals surface area contributed by atoms with Crippen LogP contribution in [0.1, 0.15) is 53.9 Å². The Balaban J connectivity index is 1.48. The molecule has 1 aliphatic heterocycles. The number of piperidine rings is 1. The lowest BCUT2D eigenvalue weighted by molar-refractivity contribution is -0.141. The number of aromatic nitrogens is 1. The lowest BCUT2D eigenvalue weighted by Crippen LogP contribution is -2.46. The zero-order chi connectivity index (χ0) is 19.0. The van der Waals surface area contributed by atoms with Gasteiger partial charge in [-0.2, -0.15) is 0 Å². The number of hydrogen-bond acceptors (Lipinski definition) is 4. The molecule has 1 saturated carbocycles. The number of thiazole rings is 1. The molecule has 2 fully saturated rings. The van der Waals surface area contributed by atoms with E-state index in [1.807, 2.05) is 5.38 Å². The molecule has 4 rings (SSSR count). The fraction of sp³-hybridized carbons (Fsp3) is 0.450. The zero-order valence-electron chi connectivity index (χ0n) is 15.2. The first-order valence-electron chi connectivity index (χ1n) is 9.26. The molecule has 1 aromatic heterocycles. The molecule has 2 aromatic rings. The van der Waals surface area contributed by atoms with Gasteiger partial charge in [0.2, 0.25) is 11.8 Å². The van der Waals surface area contributed by atoms with Crippen molar-refractivity contribution < 1.29 is 14.0 Å². The summed E-state index contributed by atoms with van der Waals surface area (Å²) in [4.78, 5) is 31.2. The largest absolute Gasteiger partial charge is 0.350 e. The summed E-state index contributed by atoms with van der Waals surface area (Å²) in [7, 11) is 1.68. The summed E-state index contributed by atoms with van der Waals surface area (Å²) in [5.74, 6) is -0.314. The standard InChI is InChI=1S/C20H22FN3O2S/c1-24-17(25)8-7-16(18(24)13-3-2-4-14(21)9-13)19(26)22-10-15-11-27-20(23-15)12-5-6-12/h2-4,9,11-12,16,18H,5-8,10H2,1H3,(H,22,26). The van der Waals surface area contributed by atoms with Gasteiger partial charge in [0.15, 0.2) is 0 Å². The highest BCUT2D eigenvalue weighted by atomic mass is 32.1. The normalized spacial score (nSPS) is 22.7. The molecule has 2 aliphatic rings. The summed E-state index contributed by atoms with van der Waals surface area (Å²) in [6.07, 6.45) is 3.19. The van der Waals surface area contributed by atoms with Crippen molar-refractivity contribution in [3.8, 4) is 0 Å². The Hall–Kier alpha value is -2.28. The van der Waals surface area contributed by atoms with Crippen molar-refractivity contribution in [3.63, 3.8) is 0 Å². The van der Waals surface area contributed by atoms with Crippen LogP contribution in [0.4, 0.5) is 4.39 Å². The van der Waals surface area contributed by atoms with Crippen LogP contribution in [0.3, 0.4) is 0 Å². The van der Waals surface area contributed by atoms with Crippen LogP contribution in [0.2, 0.25) is 0 Å². The number of hydrogen-bond donors (Lipinski definition) is 1. The Bertz CT molecular complexity index is 864. The molecule has 2 heterocycles. The highest BCUT2D eigenvalue weighted by molar-refractivity contribution is 7.09. The van der Waals surface area contributed by atoms with Crippen LogP contribution >= 0.6 is 11.3 Å². The molecule has 1 saturated heterocycles. The Morgan fingerprint density at radius 2 is 2.19 bits per heavy atom. The number of halogens is 1. The second kappa shape index (κ2) is 7.38. The summed E-state index contributed by atoms with van der Waals surface area (Å²) < 4.78 is 13.7. The van der Waals surface area contributed by atoms with E-state index in [2.05, 4.69) is 10.3 Å². The van der Waals surface area contributed by atoms with Crippen molar-refractivity contribution in [1.29, 1.82) is 0 Å². The molecule has 1 aliphatic carbocycles. The van der Waals surface area contributed by atoms with Crippen LogP contribution in [0.5, 0.6) is 0 Å². The maximum Gasteiger partial charge on any atom is 0.225 e. The molecule has 1 N–H and O–H groups in total. The Labute approximate surface area is 161 Å². The highest BCUT2D eigenvalue weighted by Gasteiger charge is 2.39. The van der Waals surface area contributed by atoms with Crippen molar-refractivity contribution in [2.75, 3.05) is 7.05 Å². The summed E-state index contributed by atoms with van der Waals surface area (Å²) in [5.41, 5.74) is 1.52. The molecule has 142 valence electrons. The third-order valence-electron chi connectivity index (χ3n) is 5.33. The van der Waals surface area contributed by atoms with E-state index < -0.39 is 12.0 Å². The van der Waals surface area contributed by atoms with Crippen LogP contribution in [0.25, 0.3) is 0 Å². The number of carbonyl (C=O) groups excluding carboxylic acids is 2. The van der Waals surface area contributed by atoms with Gasteiger partial charge in [-0.15, -0.1) is 11.3 Å². The Morgan fingerprint density at radius 3 is 2.93 bits per heavy atom. The van der Waals surface area contributed by atoms with E-state index in [0.717, 1.165) is 10.7 Å². The average Bonchev–Trinajstić information content (AvgIpc) is 3.40. The van der Waals surface area contributed by atoms with Crippen LogP contribution in [-0.4, -0.2) is 28.7 Å². The van der Waals surface area contributed by atoms with Crippen LogP contribution in [0, 0.1) is 11.7 Å². The number of rotatable bonds is 5. The van der Waals surface area contributed by atoms with Crippen LogP contribution in [0.15, 0.2) is 29.6 Å². The predicted molar refractivity (Wildman–Crippen MR) is 101 cm³/mol. The number of nitrogens with zero attached hydrogens (tertiary/aromatic N) is 2. The van der Waals surface area contributed by atoms with E-state index in [-0.39, 0.29) is 17.6 Å². The van der Waals surface area contributed by atoms with E-state index in [9.17, 15) is 14.0 Å². The number of nitrogens with one attached hydrogen (secondary N) is 1. The highest BCUT2D eigenvalue weighted by Crippen LogP contribution is 2.41. The van der Waals surface area contributed by atoms with Gasteiger partial charge in [-0.05, 0) is 37.0 Å². The maximum absolute atomic E-state index is 13.7. The van der Waals surface area contributed by atoms with Gasteiger partial charge in [-0.1, -0.05) is 12.1 Å². The molecule has 2 amide bonds. The summed E-state index contributed by atoms with van der Waals surface area (Å²) in [6, 6.07) is 5.69. The van der Waals surface area contributed by atoms with Gasteiger partial charge >= 0.3 is 0 Å². The number of benzene rings is 1. The molecular weight excluding hydrogens is 365 g/mol. The van der Waals surface area contributed by atoms with E-state index in [1.54, 1.807) is 35.4 Å². The molecule has 0 spiro atoms. The lowest BCUT2D eigenvalue weighted by atomic mass is 9.84. The van der Waals surface area contributed by atoms with Crippen LogP contribution < -0.4 is 5.32 Å². The quantitative estimate of drug-likeness (QED) is 0.855. The number of amides is 2. The monoisotopic (exact) mass is 387 g/mol. The van der Waals surface area contributed by atoms with E-state index >= 15 is 0 Å². The Morgan fingerprint density at radius 1 is 1.37 bits per heavy atom. The van der Waals surface area contributed by atoms with Gasteiger partial charge in [-0.3, -0.25) is 9.59 Å². The average molecular weight is 387 g/mol. The van der Waals surface area contributed by atoms with Gasteiger partial charge in [0.05, 0.1) is 29.2 Å². The van der Waals surface area contributed by atoms with E-state index in [4.69, 9.17) is 0 Å². The second-order valence-electron chi connectivity index (χ2n) is 7.32. The fourth-order valence-corrected chi connectivity index (χ4v) is 4.68. The molecule has 0 bridgehead atoms. The first-order valence-corrected chi connectivity index (χ1v) is 10.1. The molecule has 0 radical (unpaired) electrons. The SMILES string of the molecule is CN1C(=O)CCC(C(=O)NCc2csc(C3CC3)n2)C1c1cccc(F)c1. The predicted octanol–water partition coefficient (Wildman–Crippen LogP) is 3.39. The van der Waals surface area contributed by atoms with Gasteiger partial charge in [0.25, 0.3) is 0 Å². The summed E-state index contributed by atoms with van der Waals surface area (Å²) in [6.45, 7) is 0.381. The summed E-state index contributed by atoms with van der Waals surface area (Å²) in [5, 5.41) is 6.11. The third-order valence-corrected chi connectivity index (χ3v) is 6.38. The van der Waals surface area contributed by atoms with E-state index in [1.165, 1.54) is 25.0 Å². The minimum atomic E-state index is -0.459. The van der Waals surface area contributed by atoms with Gasteiger partial charge in [-0.25, -0.2) is 9.37 Å². The van der Waals surface area contributed by atoms with Crippen molar-refractivity contribution in [2.24, 2.45) is 5.92 Å². The number of carbonyl (C=O) groups is 2. The minimum absolute atomic E-state index is 0.0260. The molecule has 2 atom stereocenters. The Kier molecular flexibility index (Phi) is 4.95. The smallest absolute Gasteiger partial charge is 0.225 e. The van der Waals surface area contributed by atoms with Crippen molar-refractivity contribution in [3.05, 3.63) is 51.7 Å². The molecule has 5 nitrogen and oxygen atoms in total. The maximum atomic E-state index is 13.7. The zero-order valence-corrected chi connectivity index (χ0v) is 16.0. The molecule has 7 heteroatoms. The molecular formula is C20H22FN3O2S. The lowest BCUT2D eigenvalue weighted by Gasteiger charge is -2.38. The first-order chi connectivity index (χ1) is 13.0. The minimum Gasteiger partial charge on any atom is -0.350 e. The number of likely N-dealkylation sites (tertiary alicyclic amines) is 1. The summed E-state index contributed by atoms with van der Waals surface area (Å²) >= 11 is 1.65. The van der Waals surface area contributed by atoms with Gasteiger partial charge < -0.3 is 10.2 Å². The first kappa shape index (κ1) is 18.1. The van der Waals surface area contributed by atoms with Crippen molar-refractivity contribution >= 4 is 23.2 Å². The van der Waals surface area contributed by atoms with Crippen molar-refractivity contribution in [2.45, 2.75) is 44.2 Å². The third kappa shape index (κ3) is 3.88. The molecule has 1 aromatic carbocycles. The topological polar surface area (TPSA) is 62.3 Å². The van der Waals surface area contributed by atoms with E-state index in [0.29, 0.717) is 30.9 Å².